The Bertz CT molecular complexity index is 964. The number of carbonyl (C=O) groups is 2. The molecule has 1 heterocycles. The fraction of sp³-hybridized carbons (Fsp3) is 0.360. The third-order valence-corrected chi connectivity index (χ3v) is 4.96. The number of nitrogens with one attached hydrogen (secondary N) is 2. The highest BCUT2D eigenvalue weighted by molar-refractivity contribution is 5.93. The van der Waals surface area contributed by atoms with E-state index in [0.717, 1.165) is 40.3 Å². The highest BCUT2D eigenvalue weighted by atomic mass is 16.5. The lowest BCUT2D eigenvalue weighted by molar-refractivity contribution is -0.119. The van der Waals surface area contributed by atoms with Crippen LogP contribution in [0.25, 0.3) is 6.08 Å². The predicted molar refractivity (Wildman–Crippen MR) is 122 cm³/mol. The molecular weight excluding hydrogens is 392 g/mol. The van der Waals surface area contributed by atoms with Crippen molar-refractivity contribution >= 4 is 23.6 Å². The molecule has 3 rings (SSSR count). The van der Waals surface area contributed by atoms with Crippen LogP contribution in [0.1, 0.15) is 44.4 Å². The lowest BCUT2D eigenvalue weighted by atomic mass is 10.1. The quantitative estimate of drug-likeness (QED) is 0.621. The Morgan fingerprint density at radius 2 is 1.97 bits per heavy atom. The van der Waals surface area contributed by atoms with Crippen LogP contribution < -0.4 is 20.1 Å². The van der Waals surface area contributed by atoms with E-state index in [1.54, 1.807) is 6.08 Å². The summed E-state index contributed by atoms with van der Waals surface area (Å²) >= 11 is 0. The summed E-state index contributed by atoms with van der Waals surface area (Å²) in [4.78, 5) is 24.1. The molecule has 0 spiro atoms. The van der Waals surface area contributed by atoms with Gasteiger partial charge >= 0.3 is 0 Å². The zero-order valence-electron chi connectivity index (χ0n) is 18.5. The molecule has 0 saturated carbocycles. The van der Waals surface area contributed by atoms with Crippen molar-refractivity contribution in [2.24, 2.45) is 5.92 Å². The molecule has 0 aliphatic carbocycles. The molecule has 1 atom stereocenters. The monoisotopic (exact) mass is 422 g/mol. The van der Waals surface area contributed by atoms with E-state index in [1.165, 1.54) is 6.08 Å². The summed E-state index contributed by atoms with van der Waals surface area (Å²) in [5.74, 6) is 1.30. The fourth-order valence-corrected chi connectivity index (χ4v) is 3.27. The maximum atomic E-state index is 12.3. The van der Waals surface area contributed by atoms with E-state index >= 15 is 0 Å². The van der Waals surface area contributed by atoms with Crippen LogP contribution >= 0.6 is 0 Å². The van der Waals surface area contributed by atoms with Crippen molar-refractivity contribution in [3.8, 4) is 11.5 Å². The van der Waals surface area contributed by atoms with Gasteiger partial charge < -0.3 is 20.1 Å². The van der Waals surface area contributed by atoms with Crippen LogP contribution in [-0.2, 0) is 22.6 Å². The number of fused-ring (bicyclic) bond motifs is 1. The first-order valence-electron chi connectivity index (χ1n) is 10.7. The standard InChI is InChI=1S/C25H30N2O4/c1-5-30-22-14-20-12-17(4)31-23(20)13-19(22)8-11-24(28)26-15-18-6-9-21(10-7-18)27-25(29)16(2)3/h6-11,13-14,16-17H,5,12,15H2,1-4H3,(H,26,28)(H,27,29)/b11-8+. The average Bonchev–Trinajstić information content (AvgIpc) is 3.10. The topological polar surface area (TPSA) is 76.7 Å². The number of carbonyl (C=O) groups excluding carboxylic acids is 2. The van der Waals surface area contributed by atoms with Crippen LogP contribution in [0.15, 0.2) is 42.5 Å². The normalized spacial score (nSPS) is 14.9. The SMILES string of the molecule is CCOc1cc2c(cc1/C=C/C(=O)NCc1ccc(NC(=O)C(C)C)cc1)OC(C)C2. The first kappa shape index (κ1) is 22.4. The Labute approximate surface area is 183 Å². The van der Waals surface area contributed by atoms with Crippen molar-refractivity contribution in [1.82, 2.24) is 5.32 Å². The van der Waals surface area contributed by atoms with Crippen molar-refractivity contribution in [3.63, 3.8) is 0 Å². The van der Waals surface area contributed by atoms with Gasteiger partial charge in [-0.05, 0) is 49.8 Å². The third kappa shape index (κ3) is 6.10. The molecule has 0 fully saturated rings. The van der Waals surface area contributed by atoms with Gasteiger partial charge in [-0.25, -0.2) is 0 Å². The molecule has 2 aromatic rings. The summed E-state index contributed by atoms with van der Waals surface area (Å²) in [5.41, 5.74) is 3.63. The van der Waals surface area contributed by atoms with E-state index in [2.05, 4.69) is 10.6 Å². The molecule has 0 saturated heterocycles. The van der Waals surface area contributed by atoms with E-state index < -0.39 is 0 Å². The van der Waals surface area contributed by atoms with Crippen molar-refractivity contribution in [1.29, 1.82) is 0 Å². The largest absolute Gasteiger partial charge is 0.493 e. The van der Waals surface area contributed by atoms with Gasteiger partial charge in [-0.1, -0.05) is 26.0 Å². The molecular formula is C25H30N2O4. The Kier molecular flexibility index (Phi) is 7.34. The van der Waals surface area contributed by atoms with Gasteiger partial charge in [0.25, 0.3) is 0 Å². The summed E-state index contributed by atoms with van der Waals surface area (Å²) < 4.78 is 11.6. The fourth-order valence-electron chi connectivity index (χ4n) is 3.27. The Hall–Kier alpha value is -3.28. The lowest BCUT2D eigenvalue weighted by Crippen LogP contribution is -2.20. The molecule has 1 aliphatic rings. The van der Waals surface area contributed by atoms with Gasteiger partial charge in [-0.2, -0.15) is 0 Å². The summed E-state index contributed by atoms with van der Waals surface area (Å²) in [7, 11) is 0. The second-order valence-corrected chi connectivity index (χ2v) is 7.96. The molecule has 2 amide bonds. The summed E-state index contributed by atoms with van der Waals surface area (Å²) in [6, 6.07) is 11.4. The molecule has 6 heteroatoms. The molecule has 1 unspecified atom stereocenters. The van der Waals surface area contributed by atoms with Crippen molar-refractivity contribution < 1.29 is 19.1 Å². The van der Waals surface area contributed by atoms with Gasteiger partial charge in [0, 0.05) is 41.8 Å². The summed E-state index contributed by atoms with van der Waals surface area (Å²) in [6.07, 6.45) is 4.26. The van der Waals surface area contributed by atoms with Crippen LogP contribution in [0.5, 0.6) is 11.5 Å². The van der Waals surface area contributed by atoms with Gasteiger partial charge in [-0.3, -0.25) is 9.59 Å². The highest BCUT2D eigenvalue weighted by Crippen LogP contribution is 2.35. The van der Waals surface area contributed by atoms with Gasteiger partial charge in [0.1, 0.15) is 17.6 Å². The minimum Gasteiger partial charge on any atom is -0.493 e. The van der Waals surface area contributed by atoms with Crippen molar-refractivity contribution in [2.45, 2.75) is 46.8 Å². The average molecular weight is 423 g/mol. The van der Waals surface area contributed by atoms with E-state index in [9.17, 15) is 9.59 Å². The number of ether oxygens (including phenoxy) is 2. The third-order valence-electron chi connectivity index (χ3n) is 4.96. The van der Waals surface area contributed by atoms with E-state index in [4.69, 9.17) is 9.47 Å². The van der Waals surface area contributed by atoms with E-state index in [1.807, 2.05) is 64.1 Å². The Balaban J connectivity index is 1.58. The smallest absolute Gasteiger partial charge is 0.244 e. The summed E-state index contributed by atoms with van der Waals surface area (Å²) in [5, 5.41) is 5.72. The van der Waals surface area contributed by atoms with Crippen LogP contribution in [0.4, 0.5) is 5.69 Å². The number of hydrogen-bond acceptors (Lipinski definition) is 4. The van der Waals surface area contributed by atoms with Crippen LogP contribution in [0.2, 0.25) is 0 Å². The maximum absolute atomic E-state index is 12.3. The number of anilines is 1. The van der Waals surface area contributed by atoms with Gasteiger partial charge in [0.05, 0.1) is 6.61 Å². The number of rotatable bonds is 8. The first-order chi connectivity index (χ1) is 14.9. The van der Waals surface area contributed by atoms with Crippen LogP contribution in [0, 0.1) is 5.92 Å². The zero-order valence-corrected chi connectivity index (χ0v) is 18.5. The van der Waals surface area contributed by atoms with Gasteiger partial charge in [0.2, 0.25) is 11.8 Å². The van der Waals surface area contributed by atoms with Crippen molar-refractivity contribution in [3.05, 3.63) is 59.2 Å². The number of hydrogen-bond donors (Lipinski definition) is 2. The number of benzene rings is 2. The molecule has 0 radical (unpaired) electrons. The molecule has 0 bridgehead atoms. The van der Waals surface area contributed by atoms with Gasteiger partial charge in [0.15, 0.2) is 0 Å². The first-order valence-corrected chi connectivity index (χ1v) is 10.7. The minimum absolute atomic E-state index is 0.0241. The molecule has 2 aromatic carbocycles. The molecule has 164 valence electrons. The molecule has 6 nitrogen and oxygen atoms in total. The molecule has 0 aromatic heterocycles. The minimum atomic E-state index is -0.200. The predicted octanol–water partition coefficient (Wildman–Crippen LogP) is 4.33. The molecule has 2 N–H and O–H groups in total. The van der Waals surface area contributed by atoms with Crippen molar-refractivity contribution in [2.75, 3.05) is 11.9 Å². The summed E-state index contributed by atoms with van der Waals surface area (Å²) in [6.45, 7) is 8.61. The Morgan fingerprint density at radius 3 is 2.65 bits per heavy atom. The van der Waals surface area contributed by atoms with Crippen LogP contribution in [0.3, 0.4) is 0 Å². The number of amides is 2. The van der Waals surface area contributed by atoms with Crippen LogP contribution in [-0.4, -0.2) is 24.5 Å². The second-order valence-electron chi connectivity index (χ2n) is 7.96. The van der Waals surface area contributed by atoms with E-state index in [0.29, 0.717) is 13.2 Å². The van der Waals surface area contributed by atoms with E-state index in [-0.39, 0.29) is 23.8 Å². The second kappa shape index (κ2) is 10.2. The molecule has 31 heavy (non-hydrogen) atoms. The lowest BCUT2D eigenvalue weighted by Gasteiger charge is -2.10. The molecule has 1 aliphatic heterocycles. The van der Waals surface area contributed by atoms with Gasteiger partial charge in [-0.15, -0.1) is 0 Å². The highest BCUT2D eigenvalue weighted by Gasteiger charge is 2.21. The maximum Gasteiger partial charge on any atom is 0.244 e. The zero-order chi connectivity index (χ0) is 22.4. The Morgan fingerprint density at radius 1 is 1.23 bits per heavy atom.